The van der Waals surface area contributed by atoms with E-state index in [1.807, 2.05) is 44.2 Å². The van der Waals surface area contributed by atoms with Crippen molar-refractivity contribution in [3.8, 4) is 11.5 Å². The van der Waals surface area contributed by atoms with Gasteiger partial charge in [-0.05, 0) is 55.7 Å². The van der Waals surface area contributed by atoms with E-state index < -0.39 is 6.10 Å². The summed E-state index contributed by atoms with van der Waals surface area (Å²) in [7, 11) is 0. The first-order valence-electron chi connectivity index (χ1n) is 6.09. The van der Waals surface area contributed by atoms with Gasteiger partial charge in [0.25, 0.3) is 0 Å². The molecule has 0 bridgehead atoms. The van der Waals surface area contributed by atoms with Gasteiger partial charge in [0.15, 0.2) is 0 Å². The smallest absolute Gasteiger partial charge is 0.130 e. The van der Waals surface area contributed by atoms with E-state index >= 15 is 0 Å². The molecular formula is C16H18O2. The second kappa shape index (κ2) is 5.23. The molecule has 18 heavy (non-hydrogen) atoms. The lowest BCUT2D eigenvalue weighted by atomic mass is 10.1. The molecule has 2 nitrogen and oxygen atoms in total. The summed E-state index contributed by atoms with van der Waals surface area (Å²) in [4.78, 5) is 0. The molecule has 2 heteroatoms. The molecule has 1 unspecified atom stereocenters. The summed E-state index contributed by atoms with van der Waals surface area (Å²) in [5, 5.41) is 9.44. The van der Waals surface area contributed by atoms with E-state index in [1.54, 1.807) is 6.92 Å². The summed E-state index contributed by atoms with van der Waals surface area (Å²) in [6.45, 7) is 5.82. The van der Waals surface area contributed by atoms with Crippen LogP contribution in [-0.4, -0.2) is 5.11 Å². The maximum Gasteiger partial charge on any atom is 0.130 e. The number of aliphatic hydroxyl groups excluding tert-OH is 1. The van der Waals surface area contributed by atoms with Crippen molar-refractivity contribution >= 4 is 0 Å². The zero-order chi connectivity index (χ0) is 13.1. The number of rotatable bonds is 3. The highest BCUT2D eigenvalue weighted by Crippen LogP contribution is 2.27. The second-order valence-corrected chi connectivity index (χ2v) is 4.62. The van der Waals surface area contributed by atoms with Crippen LogP contribution in [0.3, 0.4) is 0 Å². The molecule has 0 fully saturated rings. The zero-order valence-corrected chi connectivity index (χ0v) is 11.0. The Morgan fingerprint density at radius 1 is 1.00 bits per heavy atom. The van der Waals surface area contributed by atoms with Gasteiger partial charge >= 0.3 is 0 Å². The molecule has 94 valence electrons. The van der Waals surface area contributed by atoms with Gasteiger partial charge in [0.1, 0.15) is 11.5 Å². The van der Waals surface area contributed by atoms with Crippen LogP contribution in [0, 0.1) is 13.8 Å². The summed E-state index contributed by atoms with van der Waals surface area (Å²) in [5.41, 5.74) is 3.18. The topological polar surface area (TPSA) is 29.5 Å². The lowest BCUT2D eigenvalue weighted by Gasteiger charge is -2.11. The van der Waals surface area contributed by atoms with Gasteiger partial charge in [-0.15, -0.1) is 0 Å². The van der Waals surface area contributed by atoms with Crippen molar-refractivity contribution in [3.05, 3.63) is 59.2 Å². The lowest BCUT2D eigenvalue weighted by Crippen LogP contribution is -1.92. The number of aryl methyl sites for hydroxylation is 2. The Morgan fingerprint density at radius 3 is 2.28 bits per heavy atom. The minimum absolute atomic E-state index is 0.445. The number of aliphatic hydroxyl groups is 1. The highest BCUT2D eigenvalue weighted by molar-refractivity contribution is 5.40. The van der Waals surface area contributed by atoms with Crippen LogP contribution in [0.15, 0.2) is 42.5 Å². The molecule has 0 aliphatic carbocycles. The average Bonchev–Trinajstić information content (AvgIpc) is 2.34. The molecule has 2 aromatic carbocycles. The molecule has 2 aromatic rings. The van der Waals surface area contributed by atoms with Gasteiger partial charge < -0.3 is 9.84 Å². The second-order valence-electron chi connectivity index (χ2n) is 4.62. The third-order valence-corrected chi connectivity index (χ3v) is 2.93. The largest absolute Gasteiger partial charge is 0.457 e. The van der Waals surface area contributed by atoms with Crippen molar-refractivity contribution in [1.29, 1.82) is 0 Å². The molecular weight excluding hydrogens is 224 g/mol. The average molecular weight is 242 g/mol. The Morgan fingerprint density at radius 2 is 1.67 bits per heavy atom. The summed E-state index contributed by atoms with van der Waals surface area (Å²) < 4.78 is 5.84. The normalized spacial score (nSPS) is 12.2. The van der Waals surface area contributed by atoms with Gasteiger partial charge in [0.2, 0.25) is 0 Å². The van der Waals surface area contributed by atoms with E-state index in [9.17, 15) is 5.11 Å². The fourth-order valence-electron chi connectivity index (χ4n) is 1.76. The van der Waals surface area contributed by atoms with Crippen molar-refractivity contribution in [3.63, 3.8) is 0 Å². The minimum atomic E-state index is -0.445. The van der Waals surface area contributed by atoms with Gasteiger partial charge in [-0.2, -0.15) is 0 Å². The first-order chi connectivity index (χ1) is 8.56. The molecule has 0 amide bonds. The van der Waals surface area contributed by atoms with E-state index in [0.29, 0.717) is 0 Å². The third kappa shape index (κ3) is 2.90. The molecule has 2 rings (SSSR count). The van der Waals surface area contributed by atoms with Gasteiger partial charge in [-0.25, -0.2) is 0 Å². The number of hydrogen-bond donors (Lipinski definition) is 1. The first kappa shape index (κ1) is 12.7. The van der Waals surface area contributed by atoms with Gasteiger partial charge in [0.05, 0.1) is 6.10 Å². The van der Waals surface area contributed by atoms with Crippen molar-refractivity contribution < 1.29 is 9.84 Å². The first-order valence-corrected chi connectivity index (χ1v) is 6.09. The van der Waals surface area contributed by atoms with E-state index in [2.05, 4.69) is 12.1 Å². The van der Waals surface area contributed by atoms with Crippen LogP contribution < -0.4 is 4.74 Å². The van der Waals surface area contributed by atoms with Crippen molar-refractivity contribution in [2.45, 2.75) is 26.9 Å². The van der Waals surface area contributed by atoms with E-state index in [0.717, 1.165) is 22.6 Å². The predicted octanol–water partition coefficient (Wildman–Crippen LogP) is 4.15. The minimum Gasteiger partial charge on any atom is -0.457 e. The van der Waals surface area contributed by atoms with Crippen molar-refractivity contribution in [1.82, 2.24) is 0 Å². The van der Waals surface area contributed by atoms with Crippen LogP contribution in [0.1, 0.15) is 29.7 Å². The van der Waals surface area contributed by atoms with Crippen LogP contribution in [0.25, 0.3) is 0 Å². The number of ether oxygens (including phenoxy) is 1. The lowest BCUT2D eigenvalue weighted by molar-refractivity contribution is 0.199. The monoisotopic (exact) mass is 242 g/mol. The molecule has 0 aromatic heterocycles. The van der Waals surface area contributed by atoms with Crippen LogP contribution in [0.2, 0.25) is 0 Å². The van der Waals surface area contributed by atoms with Gasteiger partial charge in [-0.3, -0.25) is 0 Å². The summed E-state index contributed by atoms with van der Waals surface area (Å²) in [6.07, 6.45) is -0.445. The van der Waals surface area contributed by atoms with E-state index in [4.69, 9.17) is 4.74 Å². The Kier molecular flexibility index (Phi) is 3.68. The molecule has 0 heterocycles. The Bertz CT molecular complexity index is 527. The molecule has 0 saturated heterocycles. The summed E-state index contributed by atoms with van der Waals surface area (Å²) in [5.74, 6) is 1.66. The molecule has 0 radical (unpaired) electrons. The van der Waals surface area contributed by atoms with Crippen molar-refractivity contribution in [2.75, 3.05) is 0 Å². The number of hydrogen-bond acceptors (Lipinski definition) is 2. The molecule has 0 aliphatic heterocycles. The Balaban J connectivity index is 2.21. The SMILES string of the molecule is Cc1ccc(C)c(Oc2ccc(C(C)O)cc2)c1. The summed E-state index contributed by atoms with van der Waals surface area (Å²) in [6, 6.07) is 13.7. The molecule has 0 saturated carbocycles. The molecule has 0 aliphatic rings. The Labute approximate surface area is 108 Å². The summed E-state index contributed by atoms with van der Waals surface area (Å²) >= 11 is 0. The van der Waals surface area contributed by atoms with Crippen LogP contribution >= 0.6 is 0 Å². The van der Waals surface area contributed by atoms with E-state index in [-0.39, 0.29) is 0 Å². The zero-order valence-electron chi connectivity index (χ0n) is 11.0. The van der Waals surface area contributed by atoms with Crippen molar-refractivity contribution in [2.24, 2.45) is 0 Å². The highest BCUT2D eigenvalue weighted by atomic mass is 16.5. The number of benzene rings is 2. The van der Waals surface area contributed by atoms with Gasteiger partial charge in [-0.1, -0.05) is 24.3 Å². The molecule has 1 atom stereocenters. The quantitative estimate of drug-likeness (QED) is 0.876. The van der Waals surface area contributed by atoms with Crippen LogP contribution in [-0.2, 0) is 0 Å². The van der Waals surface area contributed by atoms with E-state index in [1.165, 1.54) is 5.56 Å². The Hall–Kier alpha value is -1.80. The predicted molar refractivity (Wildman–Crippen MR) is 73.1 cm³/mol. The molecule has 1 N–H and O–H groups in total. The van der Waals surface area contributed by atoms with Crippen LogP contribution in [0.5, 0.6) is 11.5 Å². The third-order valence-electron chi connectivity index (χ3n) is 2.93. The maximum atomic E-state index is 9.44. The fourth-order valence-corrected chi connectivity index (χ4v) is 1.76. The molecule has 0 spiro atoms. The fraction of sp³-hybridized carbons (Fsp3) is 0.250. The van der Waals surface area contributed by atoms with Gasteiger partial charge in [0, 0.05) is 0 Å². The maximum absolute atomic E-state index is 9.44. The van der Waals surface area contributed by atoms with Crippen LogP contribution in [0.4, 0.5) is 0 Å². The highest BCUT2D eigenvalue weighted by Gasteiger charge is 2.04. The standard InChI is InChI=1S/C16H18O2/c1-11-4-5-12(2)16(10-11)18-15-8-6-14(7-9-15)13(3)17/h4-10,13,17H,1-3H3.